The van der Waals surface area contributed by atoms with Crippen molar-refractivity contribution in [3.05, 3.63) is 30.1 Å². The van der Waals surface area contributed by atoms with E-state index in [0.717, 1.165) is 12.1 Å². The summed E-state index contributed by atoms with van der Waals surface area (Å²) in [6.07, 6.45) is 2.64. The van der Waals surface area contributed by atoms with Gasteiger partial charge in [-0.25, -0.2) is 0 Å². The normalized spacial score (nSPS) is 15.3. The first-order valence-corrected chi connectivity index (χ1v) is 5.33. The van der Waals surface area contributed by atoms with Crippen LogP contribution in [0.4, 0.5) is 0 Å². The lowest BCUT2D eigenvalue weighted by Gasteiger charge is -2.25. The van der Waals surface area contributed by atoms with Gasteiger partial charge in [0.2, 0.25) is 0 Å². The largest absolute Gasteiger partial charge is 0.380 e. The van der Waals surface area contributed by atoms with Crippen molar-refractivity contribution >= 4 is 0 Å². The molecular weight excluding hydrogens is 188 g/mol. The van der Waals surface area contributed by atoms with Crippen molar-refractivity contribution in [2.45, 2.75) is 32.4 Å². The van der Waals surface area contributed by atoms with E-state index < -0.39 is 0 Å². The van der Waals surface area contributed by atoms with Gasteiger partial charge in [0.25, 0.3) is 0 Å². The van der Waals surface area contributed by atoms with Gasteiger partial charge in [0.15, 0.2) is 0 Å². The number of hydrogen-bond acceptors (Lipinski definition) is 3. The minimum Gasteiger partial charge on any atom is -0.380 e. The van der Waals surface area contributed by atoms with E-state index in [1.54, 1.807) is 13.3 Å². The van der Waals surface area contributed by atoms with Crippen LogP contribution in [0.15, 0.2) is 24.4 Å². The quantitative estimate of drug-likeness (QED) is 0.800. The molecule has 0 amide bonds. The molecule has 0 radical (unpaired) electrons. The van der Waals surface area contributed by atoms with E-state index in [0.29, 0.717) is 5.92 Å². The Morgan fingerprint density at radius 3 is 2.60 bits per heavy atom. The molecule has 0 aliphatic rings. The number of nitrogens with two attached hydrogens (primary N) is 1. The van der Waals surface area contributed by atoms with Crippen molar-refractivity contribution in [3.63, 3.8) is 0 Å². The van der Waals surface area contributed by atoms with Gasteiger partial charge in [-0.05, 0) is 18.1 Å². The van der Waals surface area contributed by atoms with E-state index in [4.69, 9.17) is 10.5 Å². The van der Waals surface area contributed by atoms with Gasteiger partial charge in [0, 0.05) is 31.5 Å². The molecule has 0 aliphatic heterocycles. The zero-order chi connectivity index (χ0) is 11.3. The highest BCUT2D eigenvalue weighted by molar-refractivity contribution is 5.05. The van der Waals surface area contributed by atoms with Crippen molar-refractivity contribution < 1.29 is 4.74 Å². The highest BCUT2D eigenvalue weighted by atomic mass is 16.5. The minimum atomic E-state index is 0.00454. The predicted octanol–water partition coefficient (Wildman–Crippen LogP) is 1.62. The third-order valence-corrected chi connectivity index (χ3v) is 2.52. The Kier molecular flexibility index (Phi) is 4.72. The van der Waals surface area contributed by atoms with Crippen LogP contribution in [0, 0.1) is 5.92 Å². The molecule has 1 aromatic rings. The van der Waals surface area contributed by atoms with Crippen LogP contribution in [0.5, 0.6) is 0 Å². The second kappa shape index (κ2) is 5.83. The molecule has 84 valence electrons. The number of pyridine rings is 1. The van der Waals surface area contributed by atoms with E-state index in [1.807, 2.05) is 18.2 Å². The molecule has 1 rings (SSSR count). The van der Waals surface area contributed by atoms with E-state index in [2.05, 4.69) is 18.8 Å². The molecule has 1 aromatic heterocycles. The topological polar surface area (TPSA) is 48.1 Å². The van der Waals surface area contributed by atoms with Crippen molar-refractivity contribution in [1.29, 1.82) is 0 Å². The molecule has 0 spiro atoms. The second-order valence-corrected chi connectivity index (χ2v) is 4.13. The van der Waals surface area contributed by atoms with Crippen LogP contribution in [0.25, 0.3) is 0 Å². The fraction of sp³-hybridized carbons (Fsp3) is 0.583. The summed E-state index contributed by atoms with van der Waals surface area (Å²) < 4.78 is 5.39. The molecule has 0 saturated heterocycles. The first-order valence-electron chi connectivity index (χ1n) is 5.33. The first-order chi connectivity index (χ1) is 7.15. The van der Waals surface area contributed by atoms with E-state index in [9.17, 15) is 0 Å². The smallest absolute Gasteiger partial charge is 0.0748 e. The molecule has 15 heavy (non-hydrogen) atoms. The van der Waals surface area contributed by atoms with Crippen molar-refractivity contribution in [2.75, 3.05) is 7.11 Å². The van der Waals surface area contributed by atoms with Crippen LogP contribution in [0.3, 0.4) is 0 Å². The molecule has 0 saturated carbocycles. The molecule has 0 fully saturated rings. The summed E-state index contributed by atoms with van der Waals surface area (Å²) >= 11 is 0. The molecular formula is C12H20N2O. The average Bonchev–Trinajstić information content (AvgIpc) is 2.19. The summed E-state index contributed by atoms with van der Waals surface area (Å²) in [4.78, 5) is 4.26. The summed E-state index contributed by atoms with van der Waals surface area (Å²) in [5.74, 6) is 0.425. The van der Waals surface area contributed by atoms with Gasteiger partial charge < -0.3 is 10.5 Å². The summed E-state index contributed by atoms with van der Waals surface area (Å²) in [5.41, 5.74) is 7.12. The van der Waals surface area contributed by atoms with Crippen LogP contribution in [-0.4, -0.2) is 24.2 Å². The van der Waals surface area contributed by atoms with E-state index in [1.165, 1.54) is 0 Å². The number of ether oxygens (including phenoxy) is 1. The minimum absolute atomic E-state index is 0.00454. The van der Waals surface area contributed by atoms with Crippen LogP contribution < -0.4 is 5.73 Å². The summed E-state index contributed by atoms with van der Waals surface area (Å²) in [5, 5.41) is 0. The third kappa shape index (κ3) is 3.61. The zero-order valence-electron chi connectivity index (χ0n) is 9.68. The highest BCUT2D eigenvalue weighted by Crippen LogP contribution is 2.12. The summed E-state index contributed by atoms with van der Waals surface area (Å²) in [6.45, 7) is 4.24. The second-order valence-electron chi connectivity index (χ2n) is 4.13. The molecule has 2 N–H and O–H groups in total. The monoisotopic (exact) mass is 208 g/mol. The van der Waals surface area contributed by atoms with Gasteiger partial charge in [-0.1, -0.05) is 19.9 Å². The van der Waals surface area contributed by atoms with Crippen molar-refractivity contribution in [2.24, 2.45) is 11.7 Å². The number of aromatic nitrogens is 1. The lowest BCUT2D eigenvalue weighted by Crippen LogP contribution is -2.41. The fourth-order valence-electron chi connectivity index (χ4n) is 1.82. The Balaban J connectivity index is 2.58. The molecule has 3 nitrogen and oxygen atoms in total. The van der Waals surface area contributed by atoms with Gasteiger partial charge in [-0.15, -0.1) is 0 Å². The zero-order valence-corrected chi connectivity index (χ0v) is 9.68. The van der Waals surface area contributed by atoms with Crippen LogP contribution in [-0.2, 0) is 11.2 Å². The molecule has 2 unspecified atom stereocenters. The van der Waals surface area contributed by atoms with Gasteiger partial charge in [0.05, 0.1) is 6.10 Å². The molecule has 2 atom stereocenters. The van der Waals surface area contributed by atoms with Crippen molar-refractivity contribution in [3.8, 4) is 0 Å². The number of rotatable bonds is 5. The maximum absolute atomic E-state index is 6.10. The van der Waals surface area contributed by atoms with E-state index >= 15 is 0 Å². The molecule has 3 heteroatoms. The Hall–Kier alpha value is -0.930. The maximum Gasteiger partial charge on any atom is 0.0748 e. The molecule has 0 aliphatic carbocycles. The Bertz CT molecular complexity index is 274. The van der Waals surface area contributed by atoms with Crippen LogP contribution in [0.1, 0.15) is 19.5 Å². The standard InChI is InChI=1S/C12H20N2O/c1-9(2)12(15-3)11(13)8-10-6-4-5-7-14-10/h4-7,9,11-12H,8,13H2,1-3H3. The van der Waals surface area contributed by atoms with Crippen LogP contribution in [0.2, 0.25) is 0 Å². The average molecular weight is 208 g/mol. The van der Waals surface area contributed by atoms with Gasteiger partial charge in [-0.2, -0.15) is 0 Å². The first kappa shape index (κ1) is 12.1. The van der Waals surface area contributed by atoms with Crippen molar-refractivity contribution in [1.82, 2.24) is 4.98 Å². The summed E-state index contributed by atoms with van der Waals surface area (Å²) in [6, 6.07) is 5.88. The third-order valence-electron chi connectivity index (χ3n) is 2.52. The van der Waals surface area contributed by atoms with Crippen LogP contribution >= 0.6 is 0 Å². The SMILES string of the molecule is COC(C(C)C)C(N)Cc1ccccn1. The Morgan fingerprint density at radius 1 is 1.40 bits per heavy atom. The van der Waals surface area contributed by atoms with Gasteiger partial charge >= 0.3 is 0 Å². The fourth-order valence-corrected chi connectivity index (χ4v) is 1.82. The van der Waals surface area contributed by atoms with Gasteiger partial charge in [-0.3, -0.25) is 4.98 Å². The lowest BCUT2D eigenvalue weighted by atomic mass is 9.96. The molecule has 0 aromatic carbocycles. The van der Waals surface area contributed by atoms with E-state index in [-0.39, 0.29) is 12.1 Å². The Morgan fingerprint density at radius 2 is 2.13 bits per heavy atom. The number of methoxy groups -OCH3 is 1. The maximum atomic E-state index is 6.10. The predicted molar refractivity (Wildman–Crippen MR) is 61.6 cm³/mol. The highest BCUT2D eigenvalue weighted by Gasteiger charge is 2.21. The van der Waals surface area contributed by atoms with Gasteiger partial charge in [0.1, 0.15) is 0 Å². The lowest BCUT2D eigenvalue weighted by molar-refractivity contribution is 0.0439. The number of hydrogen-bond donors (Lipinski definition) is 1. The summed E-state index contributed by atoms with van der Waals surface area (Å²) in [7, 11) is 1.71. The number of nitrogens with zero attached hydrogens (tertiary/aromatic N) is 1. The molecule has 0 bridgehead atoms. The Labute approximate surface area is 91.7 Å². The molecule has 1 heterocycles.